The van der Waals surface area contributed by atoms with E-state index in [0.717, 1.165) is 0 Å². The lowest BCUT2D eigenvalue weighted by Crippen LogP contribution is -2.56. The Morgan fingerprint density at radius 2 is 1.92 bits per heavy atom. The normalized spacial score (nSPS) is 14.7. The highest BCUT2D eigenvalue weighted by Crippen LogP contribution is 1.84. The summed E-state index contributed by atoms with van der Waals surface area (Å²) in [5.41, 5.74) is 15.5. The summed E-state index contributed by atoms with van der Waals surface area (Å²) in [6.07, 6.45) is -0.989. The summed E-state index contributed by atoms with van der Waals surface area (Å²) < 4.78 is 0. The van der Waals surface area contributed by atoms with E-state index >= 15 is 0 Å². The number of rotatable bonds is 5. The number of hydrogen-bond donors (Lipinski definition) is 5. The highest BCUT2D eigenvalue weighted by molar-refractivity contribution is 5.79. The molecule has 0 aromatic carbocycles. The second-order valence-corrected chi connectivity index (χ2v) is 2.50. The van der Waals surface area contributed by atoms with E-state index in [-0.39, 0.29) is 13.0 Å². The van der Waals surface area contributed by atoms with Crippen LogP contribution in [0.2, 0.25) is 0 Å². The lowest BCUT2D eigenvalue weighted by atomic mass is 10.2. The third-order valence-corrected chi connectivity index (χ3v) is 1.37. The standard InChI is InChI=1S/C6H14N4O3/c7-2-1-3(11)10-5(9)4(8)6(12)13/h4-5H,1-2,7-9H2,(H,10,11)(H,12,13)/t4?,5-/m1/s1. The second kappa shape index (κ2) is 5.46. The average Bonchev–Trinajstić information content (AvgIpc) is 2.03. The van der Waals surface area contributed by atoms with E-state index in [0.29, 0.717) is 0 Å². The van der Waals surface area contributed by atoms with Crippen LogP contribution in [0.3, 0.4) is 0 Å². The molecule has 76 valence electrons. The molecule has 1 unspecified atom stereocenters. The number of hydrogen-bond acceptors (Lipinski definition) is 5. The van der Waals surface area contributed by atoms with Crippen molar-refractivity contribution in [3.8, 4) is 0 Å². The molecule has 1 amide bonds. The molecule has 0 radical (unpaired) electrons. The van der Waals surface area contributed by atoms with Gasteiger partial charge in [-0.25, -0.2) is 0 Å². The quantitative estimate of drug-likeness (QED) is 0.295. The molecule has 7 nitrogen and oxygen atoms in total. The molecule has 0 bridgehead atoms. The van der Waals surface area contributed by atoms with Gasteiger partial charge in [-0.3, -0.25) is 9.59 Å². The van der Waals surface area contributed by atoms with E-state index < -0.39 is 24.1 Å². The van der Waals surface area contributed by atoms with Crippen LogP contribution in [0.25, 0.3) is 0 Å². The van der Waals surface area contributed by atoms with Crippen molar-refractivity contribution in [1.29, 1.82) is 0 Å². The maximum absolute atomic E-state index is 10.9. The Labute approximate surface area is 75.3 Å². The molecule has 0 saturated carbocycles. The molecule has 0 aromatic heterocycles. The van der Waals surface area contributed by atoms with Gasteiger partial charge in [0.05, 0.1) is 0 Å². The number of nitrogens with two attached hydrogens (primary N) is 3. The van der Waals surface area contributed by atoms with Crippen molar-refractivity contribution in [3.05, 3.63) is 0 Å². The van der Waals surface area contributed by atoms with E-state index in [1.165, 1.54) is 0 Å². The van der Waals surface area contributed by atoms with E-state index in [1.54, 1.807) is 0 Å². The third kappa shape index (κ3) is 4.41. The van der Waals surface area contributed by atoms with Crippen LogP contribution in [0, 0.1) is 0 Å². The average molecular weight is 190 g/mol. The molecule has 0 aromatic rings. The van der Waals surface area contributed by atoms with E-state index in [9.17, 15) is 9.59 Å². The fourth-order valence-electron chi connectivity index (χ4n) is 0.633. The molecule has 0 aliphatic heterocycles. The molecule has 0 rings (SSSR count). The van der Waals surface area contributed by atoms with Crippen molar-refractivity contribution in [2.24, 2.45) is 17.2 Å². The van der Waals surface area contributed by atoms with Gasteiger partial charge in [0.2, 0.25) is 5.91 Å². The smallest absolute Gasteiger partial charge is 0.324 e. The minimum absolute atomic E-state index is 0.0973. The highest BCUT2D eigenvalue weighted by atomic mass is 16.4. The van der Waals surface area contributed by atoms with Gasteiger partial charge in [-0.15, -0.1) is 0 Å². The van der Waals surface area contributed by atoms with Gasteiger partial charge in [-0.05, 0) is 0 Å². The van der Waals surface area contributed by atoms with Gasteiger partial charge in [0, 0.05) is 13.0 Å². The van der Waals surface area contributed by atoms with Crippen molar-refractivity contribution in [1.82, 2.24) is 5.32 Å². The first-order valence-electron chi connectivity index (χ1n) is 3.72. The van der Waals surface area contributed by atoms with Crippen LogP contribution in [-0.4, -0.2) is 35.7 Å². The fourth-order valence-corrected chi connectivity index (χ4v) is 0.633. The van der Waals surface area contributed by atoms with Crippen molar-refractivity contribution < 1.29 is 14.7 Å². The first-order chi connectivity index (χ1) is 5.99. The Bertz CT molecular complexity index is 196. The molecule has 13 heavy (non-hydrogen) atoms. The summed E-state index contributed by atoms with van der Waals surface area (Å²) in [4.78, 5) is 21.2. The first-order valence-corrected chi connectivity index (χ1v) is 3.72. The van der Waals surface area contributed by atoms with E-state index in [1.807, 2.05) is 0 Å². The Morgan fingerprint density at radius 3 is 2.31 bits per heavy atom. The Kier molecular flexibility index (Phi) is 4.97. The van der Waals surface area contributed by atoms with Crippen LogP contribution in [-0.2, 0) is 9.59 Å². The summed E-state index contributed by atoms with van der Waals surface area (Å²) in [7, 11) is 0. The Morgan fingerprint density at radius 1 is 1.38 bits per heavy atom. The summed E-state index contributed by atoms with van der Waals surface area (Å²) in [5.74, 6) is -1.67. The van der Waals surface area contributed by atoms with Gasteiger partial charge < -0.3 is 27.6 Å². The van der Waals surface area contributed by atoms with Crippen molar-refractivity contribution >= 4 is 11.9 Å². The van der Waals surface area contributed by atoms with Gasteiger partial charge in [-0.1, -0.05) is 0 Å². The van der Waals surface area contributed by atoms with Gasteiger partial charge in [0.15, 0.2) is 0 Å². The molecule has 0 aliphatic rings. The highest BCUT2D eigenvalue weighted by Gasteiger charge is 2.21. The lowest BCUT2D eigenvalue weighted by molar-refractivity contribution is -0.139. The number of carboxylic acids is 1. The van der Waals surface area contributed by atoms with Crippen molar-refractivity contribution in [3.63, 3.8) is 0 Å². The molecule has 2 atom stereocenters. The minimum atomic E-state index is -1.30. The largest absolute Gasteiger partial charge is 0.480 e. The summed E-state index contributed by atoms with van der Waals surface area (Å²) in [5, 5.41) is 10.6. The van der Waals surface area contributed by atoms with Crippen molar-refractivity contribution in [2.45, 2.75) is 18.6 Å². The van der Waals surface area contributed by atoms with E-state index in [4.69, 9.17) is 22.3 Å². The van der Waals surface area contributed by atoms with Crippen LogP contribution in [0.5, 0.6) is 0 Å². The topological polar surface area (TPSA) is 144 Å². The van der Waals surface area contributed by atoms with Crippen LogP contribution >= 0.6 is 0 Å². The fraction of sp³-hybridized carbons (Fsp3) is 0.667. The van der Waals surface area contributed by atoms with Gasteiger partial charge >= 0.3 is 5.97 Å². The maximum atomic E-state index is 10.9. The number of aliphatic carboxylic acids is 1. The molecule has 0 fully saturated rings. The number of carbonyl (C=O) groups excluding carboxylic acids is 1. The summed E-state index contributed by atoms with van der Waals surface area (Å²) in [6, 6.07) is -1.30. The summed E-state index contributed by atoms with van der Waals surface area (Å²) in [6.45, 7) is 0.181. The van der Waals surface area contributed by atoms with Crippen molar-refractivity contribution in [2.75, 3.05) is 6.54 Å². The number of carboxylic acid groups (broad SMARTS) is 1. The number of carbonyl (C=O) groups is 2. The molecule has 0 saturated heterocycles. The molecular formula is C6H14N4O3. The zero-order chi connectivity index (χ0) is 10.4. The van der Waals surface area contributed by atoms with Gasteiger partial charge in [-0.2, -0.15) is 0 Å². The van der Waals surface area contributed by atoms with Gasteiger partial charge in [0.25, 0.3) is 0 Å². The molecule has 0 spiro atoms. The van der Waals surface area contributed by atoms with Crippen LogP contribution in [0.1, 0.15) is 6.42 Å². The maximum Gasteiger partial charge on any atom is 0.324 e. The number of nitrogens with one attached hydrogen (secondary N) is 1. The van der Waals surface area contributed by atoms with E-state index in [2.05, 4.69) is 5.32 Å². The monoisotopic (exact) mass is 190 g/mol. The first kappa shape index (κ1) is 11.8. The molecule has 7 heteroatoms. The number of amides is 1. The molecular weight excluding hydrogens is 176 g/mol. The molecule has 0 heterocycles. The molecule has 0 aliphatic carbocycles. The van der Waals surface area contributed by atoms with Crippen LogP contribution < -0.4 is 22.5 Å². The second-order valence-electron chi connectivity index (χ2n) is 2.50. The predicted octanol–water partition coefficient (Wildman–Crippen LogP) is -2.85. The third-order valence-electron chi connectivity index (χ3n) is 1.37. The molecule has 8 N–H and O–H groups in total. The van der Waals surface area contributed by atoms with Crippen LogP contribution in [0.4, 0.5) is 0 Å². The zero-order valence-corrected chi connectivity index (χ0v) is 7.06. The SMILES string of the molecule is NCCC(=O)N[C@@H](N)C(N)C(=O)O. The van der Waals surface area contributed by atoms with Gasteiger partial charge in [0.1, 0.15) is 12.2 Å². The lowest BCUT2D eigenvalue weighted by Gasteiger charge is -2.17. The zero-order valence-electron chi connectivity index (χ0n) is 7.06. The Balaban J connectivity index is 3.92. The summed E-state index contributed by atoms with van der Waals surface area (Å²) >= 11 is 0. The minimum Gasteiger partial charge on any atom is -0.480 e. The Hall–Kier alpha value is -1.18. The van der Waals surface area contributed by atoms with Crippen LogP contribution in [0.15, 0.2) is 0 Å². The predicted molar refractivity (Wildman–Crippen MR) is 45.4 cm³/mol.